The van der Waals surface area contributed by atoms with Crippen LogP contribution >= 0.6 is 11.6 Å². The van der Waals surface area contributed by atoms with Gasteiger partial charge in [0.05, 0.1) is 17.8 Å². The average molecular weight is 256 g/mol. The summed E-state index contributed by atoms with van der Waals surface area (Å²) in [6, 6.07) is 1.49. The lowest BCUT2D eigenvalue weighted by molar-refractivity contribution is 0.0590. The van der Waals surface area contributed by atoms with E-state index in [1.807, 2.05) is 13.8 Å². The van der Waals surface area contributed by atoms with Crippen molar-refractivity contribution in [3.8, 4) is 5.75 Å². The number of halogens is 1. The summed E-state index contributed by atoms with van der Waals surface area (Å²) < 4.78 is 10.5. The minimum atomic E-state index is -0.471. The van der Waals surface area contributed by atoms with E-state index in [0.29, 0.717) is 28.4 Å². The van der Waals surface area contributed by atoms with Gasteiger partial charge in [-0.15, -0.1) is 0 Å². The van der Waals surface area contributed by atoms with Crippen LogP contribution in [0.2, 0.25) is 5.02 Å². The van der Waals surface area contributed by atoms with E-state index in [0.717, 1.165) is 5.56 Å². The highest BCUT2D eigenvalue weighted by Gasteiger charge is 2.36. The molecule has 0 atom stereocenters. The van der Waals surface area contributed by atoms with Crippen molar-refractivity contribution in [2.24, 2.45) is 0 Å². The van der Waals surface area contributed by atoms with Crippen LogP contribution in [0.5, 0.6) is 5.75 Å². The summed E-state index contributed by atoms with van der Waals surface area (Å²) in [6.45, 7) is 3.86. The first-order valence-corrected chi connectivity index (χ1v) is 5.61. The van der Waals surface area contributed by atoms with Crippen molar-refractivity contribution >= 4 is 23.3 Å². The first-order valence-electron chi connectivity index (χ1n) is 5.24. The van der Waals surface area contributed by atoms with E-state index in [-0.39, 0.29) is 5.60 Å². The highest BCUT2D eigenvalue weighted by molar-refractivity contribution is 6.33. The van der Waals surface area contributed by atoms with Crippen molar-refractivity contribution in [1.82, 2.24) is 0 Å². The number of benzene rings is 1. The van der Waals surface area contributed by atoms with Gasteiger partial charge in [-0.05, 0) is 19.9 Å². The number of esters is 1. The number of hydrogen-bond acceptors (Lipinski definition) is 4. The molecule has 5 heteroatoms. The fraction of sp³-hybridized carbons (Fsp3) is 0.417. The van der Waals surface area contributed by atoms with Crippen LogP contribution in [0, 0.1) is 0 Å². The zero-order valence-electron chi connectivity index (χ0n) is 9.96. The monoisotopic (exact) mass is 255 g/mol. The van der Waals surface area contributed by atoms with Gasteiger partial charge >= 0.3 is 5.97 Å². The molecule has 17 heavy (non-hydrogen) atoms. The highest BCUT2D eigenvalue weighted by Crippen LogP contribution is 2.44. The van der Waals surface area contributed by atoms with Crippen LogP contribution in [0.25, 0.3) is 0 Å². The third kappa shape index (κ3) is 1.93. The molecular weight excluding hydrogens is 242 g/mol. The largest absolute Gasteiger partial charge is 0.486 e. The molecule has 2 N–H and O–H groups in total. The zero-order chi connectivity index (χ0) is 12.8. The standard InChI is InChI=1S/C12H14ClNO3/c1-12(2)5-7-9(14)8(13)4-6(10(7)17-12)11(15)16-3/h4H,5,14H2,1-3H3. The molecule has 0 fully saturated rings. The predicted molar refractivity (Wildman–Crippen MR) is 65.6 cm³/mol. The molecule has 1 heterocycles. The van der Waals surface area contributed by atoms with E-state index in [4.69, 9.17) is 26.8 Å². The summed E-state index contributed by atoms with van der Waals surface area (Å²) in [5, 5.41) is 0.352. The number of anilines is 1. The Morgan fingerprint density at radius 2 is 2.24 bits per heavy atom. The minimum Gasteiger partial charge on any atom is -0.486 e. The second kappa shape index (κ2) is 3.81. The molecule has 2 rings (SSSR count). The fourth-order valence-electron chi connectivity index (χ4n) is 1.99. The number of methoxy groups -OCH3 is 1. The first kappa shape index (κ1) is 12.0. The molecule has 1 aliphatic rings. The number of nitrogen functional groups attached to an aromatic ring is 1. The molecule has 1 aliphatic heterocycles. The number of fused-ring (bicyclic) bond motifs is 1. The topological polar surface area (TPSA) is 61.5 Å². The number of rotatable bonds is 1. The Bertz CT molecular complexity index is 497. The van der Waals surface area contributed by atoms with E-state index in [1.54, 1.807) is 0 Å². The molecule has 0 aliphatic carbocycles. The maximum absolute atomic E-state index is 11.6. The fourth-order valence-corrected chi connectivity index (χ4v) is 2.21. The number of nitrogens with two attached hydrogens (primary N) is 1. The summed E-state index contributed by atoms with van der Waals surface area (Å²) in [6.07, 6.45) is 0.624. The van der Waals surface area contributed by atoms with E-state index in [2.05, 4.69) is 0 Å². The van der Waals surface area contributed by atoms with Crippen molar-refractivity contribution in [3.05, 3.63) is 22.2 Å². The summed E-state index contributed by atoms with van der Waals surface area (Å²) in [5.74, 6) is 0.0181. The van der Waals surface area contributed by atoms with Gasteiger partial charge in [-0.1, -0.05) is 11.6 Å². The average Bonchev–Trinajstić information content (AvgIpc) is 2.58. The summed E-state index contributed by atoms with van der Waals surface area (Å²) in [5.41, 5.74) is 7.10. The van der Waals surface area contributed by atoms with Gasteiger partial charge in [-0.25, -0.2) is 4.79 Å². The minimum absolute atomic E-state index is 0.326. The van der Waals surface area contributed by atoms with Gasteiger partial charge in [0.1, 0.15) is 16.9 Å². The molecule has 0 spiro atoms. The Hall–Kier alpha value is -1.42. The third-order valence-corrected chi connectivity index (χ3v) is 3.07. The van der Waals surface area contributed by atoms with Crippen molar-refractivity contribution < 1.29 is 14.3 Å². The highest BCUT2D eigenvalue weighted by atomic mass is 35.5. The molecule has 0 radical (unpaired) electrons. The maximum atomic E-state index is 11.6. The Labute approximate surface area is 105 Å². The molecule has 0 amide bonds. The van der Waals surface area contributed by atoms with E-state index >= 15 is 0 Å². The van der Waals surface area contributed by atoms with Crippen LogP contribution in [0.1, 0.15) is 29.8 Å². The summed E-state index contributed by atoms with van der Waals surface area (Å²) >= 11 is 6.00. The van der Waals surface area contributed by atoms with Gasteiger partial charge in [0.2, 0.25) is 0 Å². The van der Waals surface area contributed by atoms with Gasteiger partial charge in [0.25, 0.3) is 0 Å². The Balaban J connectivity index is 2.63. The molecule has 0 saturated carbocycles. The zero-order valence-corrected chi connectivity index (χ0v) is 10.7. The Morgan fingerprint density at radius 3 is 2.82 bits per heavy atom. The smallest absolute Gasteiger partial charge is 0.341 e. The molecule has 1 aromatic rings. The van der Waals surface area contributed by atoms with Gasteiger partial charge < -0.3 is 15.2 Å². The molecule has 4 nitrogen and oxygen atoms in total. The summed E-state index contributed by atoms with van der Waals surface area (Å²) in [7, 11) is 1.32. The molecule has 0 unspecified atom stereocenters. The second-order valence-electron chi connectivity index (χ2n) is 4.66. The second-order valence-corrected chi connectivity index (χ2v) is 5.06. The SMILES string of the molecule is COC(=O)c1cc(Cl)c(N)c2c1OC(C)(C)C2. The molecular formula is C12H14ClNO3. The van der Waals surface area contributed by atoms with Gasteiger partial charge in [-0.3, -0.25) is 0 Å². The molecule has 0 aromatic heterocycles. The van der Waals surface area contributed by atoms with E-state index in [1.165, 1.54) is 13.2 Å². The normalized spacial score (nSPS) is 16.2. The predicted octanol–water partition coefficient (Wildman–Crippen LogP) is 2.42. The van der Waals surface area contributed by atoms with Crippen LogP contribution < -0.4 is 10.5 Å². The van der Waals surface area contributed by atoms with Crippen molar-refractivity contribution in [1.29, 1.82) is 0 Å². The van der Waals surface area contributed by atoms with Gasteiger partial charge in [0.15, 0.2) is 0 Å². The Kier molecular flexibility index (Phi) is 2.70. The third-order valence-electron chi connectivity index (χ3n) is 2.76. The van der Waals surface area contributed by atoms with Crippen LogP contribution in [-0.4, -0.2) is 18.7 Å². The molecule has 92 valence electrons. The number of carbonyl (C=O) groups is 1. The van der Waals surface area contributed by atoms with Crippen molar-refractivity contribution in [2.45, 2.75) is 25.9 Å². The Morgan fingerprint density at radius 1 is 1.59 bits per heavy atom. The first-order chi connectivity index (χ1) is 7.85. The van der Waals surface area contributed by atoms with Crippen LogP contribution in [-0.2, 0) is 11.2 Å². The van der Waals surface area contributed by atoms with Crippen LogP contribution in [0.3, 0.4) is 0 Å². The molecule has 0 bridgehead atoms. The van der Waals surface area contributed by atoms with Gasteiger partial charge in [-0.2, -0.15) is 0 Å². The van der Waals surface area contributed by atoms with E-state index in [9.17, 15) is 4.79 Å². The van der Waals surface area contributed by atoms with Crippen LogP contribution in [0.4, 0.5) is 5.69 Å². The number of hydrogen-bond donors (Lipinski definition) is 1. The molecule has 0 saturated heterocycles. The van der Waals surface area contributed by atoms with Crippen molar-refractivity contribution in [2.75, 3.05) is 12.8 Å². The van der Waals surface area contributed by atoms with Crippen LogP contribution in [0.15, 0.2) is 6.07 Å². The lowest BCUT2D eigenvalue weighted by atomic mass is 9.99. The molecule has 1 aromatic carbocycles. The van der Waals surface area contributed by atoms with E-state index < -0.39 is 5.97 Å². The number of carbonyl (C=O) groups excluding carboxylic acids is 1. The van der Waals surface area contributed by atoms with Crippen molar-refractivity contribution in [3.63, 3.8) is 0 Å². The lowest BCUT2D eigenvalue weighted by Crippen LogP contribution is -2.25. The summed E-state index contributed by atoms with van der Waals surface area (Å²) in [4.78, 5) is 11.6. The quantitative estimate of drug-likeness (QED) is 0.618. The van der Waals surface area contributed by atoms with Gasteiger partial charge in [0, 0.05) is 12.0 Å². The number of ether oxygens (including phenoxy) is 2. The maximum Gasteiger partial charge on any atom is 0.341 e. The lowest BCUT2D eigenvalue weighted by Gasteiger charge is -2.17.